The van der Waals surface area contributed by atoms with Gasteiger partial charge in [-0.3, -0.25) is 0 Å². The number of ether oxygens (including phenoxy) is 1. The first-order valence-corrected chi connectivity index (χ1v) is 5.92. The van der Waals surface area contributed by atoms with Crippen LogP contribution in [0, 0.1) is 0 Å². The van der Waals surface area contributed by atoms with Gasteiger partial charge in [-0.25, -0.2) is 0 Å². The van der Waals surface area contributed by atoms with E-state index in [2.05, 4.69) is 5.32 Å². The highest BCUT2D eigenvalue weighted by Gasteiger charge is 2.30. The van der Waals surface area contributed by atoms with Gasteiger partial charge in [-0.15, -0.1) is 0 Å². The monoisotopic (exact) mass is 237 g/mol. The van der Waals surface area contributed by atoms with Crippen LogP contribution in [0.2, 0.25) is 0 Å². The average molecular weight is 237 g/mol. The highest BCUT2D eigenvalue weighted by molar-refractivity contribution is 5.46. The van der Waals surface area contributed by atoms with E-state index in [1.54, 1.807) is 6.07 Å². The van der Waals surface area contributed by atoms with E-state index in [1.807, 2.05) is 12.1 Å². The molecule has 1 aliphatic rings. The van der Waals surface area contributed by atoms with Crippen LogP contribution in [0.5, 0.6) is 11.5 Å². The molecule has 2 rings (SSSR count). The lowest BCUT2D eigenvalue weighted by Gasteiger charge is -2.33. The molecule has 1 saturated heterocycles. The lowest BCUT2D eigenvalue weighted by Crippen LogP contribution is -2.47. The lowest BCUT2D eigenvalue weighted by molar-refractivity contribution is 0.0164. The summed E-state index contributed by atoms with van der Waals surface area (Å²) in [7, 11) is 1.52. The predicted octanol–water partition coefficient (Wildman–Crippen LogP) is 1.06. The van der Waals surface area contributed by atoms with E-state index in [-0.39, 0.29) is 5.75 Å². The van der Waals surface area contributed by atoms with Gasteiger partial charge in [0.2, 0.25) is 0 Å². The van der Waals surface area contributed by atoms with Crippen molar-refractivity contribution in [1.29, 1.82) is 0 Å². The zero-order valence-electron chi connectivity index (χ0n) is 10.1. The summed E-state index contributed by atoms with van der Waals surface area (Å²) >= 11 is 0. The molecule has 0 bridgehead atoms. The summed E-state index contributed by atoms with van der Waals surface area (Å²) in [6, 6.07) is 5.36. The van der Waals surface area contributed by atoms with Crippen molar-refractivity contribution in [2.24, 2.45) is 0 Å². The van der Waals surface area contributed by atoms with Crippen LogP contribution in [0.3, 0.4) is 0 Å². The van der Waals surface area contributed by atoms with E-state index in [4.69, 9.17) is 4.74 Å². The van der Waals surface area contributed by atoms with Crippen LogP contribution in [-0.2, 0) is 6.42 Å². The van der Waals surface area contributed by atoms with Crippen LogP contribution in [-0.4, -0.2) is 36.0 Å². The molecule has 4 heteroatoms. The summed E-state index contributed by atoms with van der Waals surface area (Å²) in [6.07, 6.45) is 2.17. The normalized spacial score (nSPS) is 24.6. The summed E-state index contributed by atoms with van der Waals surface area (Å²) in [5.74, 6) is 0.587. The first-order valence-electron chi connectivity index (χ1n) is 5.92. The maximum Gasteiger partial charge on any atom is 0.161 e. The summed E-state index contributed by atoms with van der Waals surface area (Å²) < 4.78 is 5.06. The van der Waals surface area contributed by atoms with Crippen LogP contribution in [0.4, 0.5) is 0 Å². The molecule has 3 N–H and O–H groups in total. The summed E-state index contributed by atoms with van der Waals surface area (Å²) in [5.41, 5.74) is -0.0298. The van der Waals surface area contributed by atoms with Crippen molar-refractivity contribution in [3.8, 4) is 11.5 Å². The van der Waals surface area contributed by atoms with E-state index in [0.29, 0.717) is 18.7 Å². The number of aromatic hydroxyl groups is 1. The second kappa shape index (κ2) is 4.94. The van der Waals surface area contributed by atoms with E-state index in [1.165, 1.54) is 7.11 Å². The Kier molecular flexibility index (Phi) is 3.54. The molecule has 1 unspecified atom stereocenters. The number of phenols is 1. The van der Waals surface area contributed by atoms with E-state index in [9.17, 15) is 10.2 Å². The summed E-state index contributed by atoms with van der Waals surface area (Å²) in [6.45, 7) is 1.52. The van der Waals surface area contributed by atoms with Crippen LogP contribution in [0.15, 0.2) is 18.2 Å². The quantitative estimate of drug-likeness (QED) is 0.735. The first-order chi connectivity index (χ1) is 8.14. The minimum atomic E-state index is -0.762. The number of phenolic OH excluding ortho intramolecular Hbond substituents is 1. The zero-order valence-corrected chi connectivity index (χ0v) is 10.1. The molecular formula is C13H19NO3. The molecule has 94 valence electrons. The van der Waals surface area contributed by atoms with Crippen LogP contribution in [0.25, 0.3) is 0 Å². The average Bonchev–Trinajstić information content (AvgIpc) is 2.32. The molecule has 0 saturated carbocycles. The van der Waals surface area contributed by atoms with Gasteiger partial charge in [-0.05, 0) is 25.5 Å². The number of rotatable bonds is 3. The molecule has 17 heavy (non-hydrogen) atoms. The third-order valence-electron chi connectivity index (χ3n) is 3.27. The van der Waals surface area contributed by atoms with Crippen LogP contribution in [0.1, 0.15) is 18.4 Å². The third-order valence-corrected chi connectivity index (χ3v) is 3.27. The van der Waals surface area contributed by atoms with E-state index >= 15 is 0 Å². The molecule has 0 amide bonds. The number of hydrogen-bond acceptors (Lipinski definition) is 4. The largest absolute Gasteiger partial charge is 0.504 e. The molecule has 1 heterocycles. The molecule has 1 aliphatic heterocycles. The number of benzene rings is 1. The first kappa shape index (κ1) is 12.2. The topological polar surface area (TPSA) is 61.7 Å². The minimum Gasteiger partial charge on any atom is -0.504 e. The van der Waals surface area contributed by atoms with E-state index in [0.717, 1.165) is 24.9 Å². The Morgan fingerprint density at radius 3 is 2.94 bits per heavy atom. The van der Waals surface area contributed by atoms with Crippen molar-refractivity contribution in [1.82, 2.24) is 5.32 Å². The molecule has 1 atom stereocenters. The van der Waals surface area contributed by atoms with Crippen molar-refractivity contribution in [3.05, 3.63) is 23.8 Å². The fourth-order valence-corrected chi connectivity index (χ4v) is 2.33. The number of piperidine rings is 1. The van der Waals surface area contributed by atoms with Gasteiger partial charge >= 0.3 is 0 Å². The van der Waals surface area contributed by atoms with Gasteiger partial charge in [-0.1, -0.05) is 12.1 Å². The fourth-order valence-electron chi connectivity index (χ4n) is 2.33. The number of β-amino-alcohol motifs (C(OH)–C–C–N with tert-alkyl or cyclic N) is 1. The van der Waals surface area contributed by atoms with Crippen molar-refractivity contribution in [2.45, 2.75) is 24.9 Å². The Hall–Kier alpha value is -1.26. The molecule has 0 aliphatic carbocycles. The highest BCUT2D eigenvalue weighted by Crippen LogP contribution is 2.33. The Morgan fingerprint density at radius 2 is 2.29 bits per heavy atom. The SMILES string of the molecule is COc1cccc(CC2(O)CCCNC2)c1O. The van der Waals surface area contributed by atoms with Crippen molar-refractivity contribution >= 4 is 0 Å². The number of methoxy groups -OCH3 is 1. The highest BCUT2D eigenvalue weighted by atomic mass is 16.5. The van der Waals surface area contributed by atoms with Crippen molar-refractivity contribution in [2.75, 3.05) is 20.2 Å². The van der Waals surface area contributed by atoms with Gasteiger partial charge in [-0.2, -0.15) is 0 Å². The molecule has 1 aromatic carbocycles. The van der Waals surface area contributed by atoms with Gasteiger partial charge in [0.25, 0.3) is 0 Å². The van der Waals surface area contributed by atoms with Gasteiger partial charge in [0.1, 0.15) is 0 Å². The second-order valence-corrected chi connectivity index (χ2v) is 4.65. The standard InChI is InChI=1S/C13H19NO3/c1-17-11-5-2-4-10(12(11)15)8-13(16)6-3-7-14-9-13/h2,4-5,14-16H,3,6-9H2,1H3. The Bertz CT molecular complexity index is 386. The maximum atomic E-state index is 10.4. The summed E-state index contributed by atoms with van der Waals surface area (Å²) in [4.78, 5) is 0. The van der Waals surface area contributed by atoms with E-state index < -0.39 is 5.60 Å². The molecule has 0 spiro atoms. The van der Waals surface area contributed by atoms with Gasteiger partial charge in [0.15, 0.2) is 11.5 Å². The smallest absolute Gasteiger partial charge is 0.161 e. The van der Waals surface area contributed by atoms with Crippen molar-refractivity contribution < 1.29 is 14.9 Å². The Balaban J connectivity index is 2.17. The minimum absolute atomic E-state index is 0.133. The van der Waals surface area contributed by atoms with Crippen LogP contribution >= 0.6 is 0 Å². The molecular weight excluding hydrogens is 218 g/mol. The molecule has 1 aromatic rings. The Morgan fingerprint density at radius 1 is 1.47 bits per heavy atom. The number of nitrogens with one attached hydrogen (secondary N) is 1. The second-order valence-electron chi connectivity index (χ2n) is 4.65. The van der Waals surface area contributed by atoms with Gasteiger partial charge in [0.05, 0.1) is 12.7 Å². The van der Waals surface area contributed by atoms with Crippen LogP contribution < -0.4 is 10.1 Å². The zero-order chi connectivity index (χ0) is 12.3. The predicted molar refractivity (Wildman–Crippen MR) is 65.4 cm³/mol. The number of hydrogen-bond donors (Lipinski definition) is 3. The molecule has 0 aromatic heterocycles. The number of aliphatic hydroxyl groups is 1. The Labute approximate surface area is 101 Å². The summed E-state index contributed by atoms with van der Waals surface area (Å²) in [5, 5.41) is 23.6. The van der Waals surface area contributed by atoms with Gasteiger partial charge in [0, 0.05) is 18.5 Å². The lowest BCUT2D eigenvalue weighted by atomic mass is 9.87. The molecule has 0 radical (unpaired) electrons. The maximum absolute atomic E-state index is 10.4. The third kappa shape index (κ3) is 2.70. The molecule has 4 nitrogen and oxygen atoms in total. The fraction of sp³-hybridized carbons (Fsp3) is 0.538. The number of para-hydroxylation sites is 1. The van der Waals surface area contributed by atoms with Crippen molar-refractivity contribution in [3.63, 3.8) is 0 Å². The van der Waals surface area contributed by atoms with Gasteiger partial charge < -0.3 is 20.3 Å². The molecule has 1 fully saturated rings.